The molecule has 2 aromatic rings. The first-order chi connectivity index (χ1) is 7.35. The van der Waals surface area contributed by atoms with Crippen LogP contribution in [0.25, 0.3) is 10.9 Å². The number of nitrogens with one attached hydrogen (secondary N) is 1. The molecule has 0 saturated carbocycles. The number of nitriles is 1. The van der Waals surface area contributed by atoms with Gasteiger partial charge in [-0.3, -0.25) is 0 Å². The quantitative estimate of drug-likeness (QED) is 0.806. The number of H-pyrrole nitrogens is 1. The fourth-order valence-corrected chi connectivity index (χ4v) is 1.85. The maximum atomic E-state index is 9.03. The van der Waals surface area contributed by atoms with E-state index in [9.17, 15) is 0 Å². The molecule has 0 aliphatic carbocycles. The molecule has 0 saturated heterocycles. The number of hydrogen-bond donors (Lipinski definition) is 1. The molecule has 2 rings (SSSR count). The third kappa shape index (κ3) is 1.87. The van der Waals surface area contributed by atoms with E-state index in [0.717, 1.165) is 22.9 Å². The van der Waals surface area contributed by atoms with Crippen LogP contribution in [0.3, 0.4) is 0 Å². The molecular weight excluding hydrogens is 184 g/mol. The minimum absolute atomic E-state index is 0.753. The van der Waals surface area contributed by atoms with Crippen molar-refractivity contribution in [3.8, 4) is 6.07 Å². The van der Waals surface area contributed by atoms with Crippen molar-refractivity contribution in [2.45, 2.75) is 26.2 Å². The Hall–Kier alpha value is -1.75. The number of fused-ring (bicyclic) bond motifs is 1. The predicted molar refractivity (Wildman–Crippen MR) is 61.6 cm³/mol. The minimum atomic E-state index is 0.753. The Morgan fingerprint density at radius 1 is 1.40 bits per heavy atom. The Balaban J connectivity index is 2.45. The van der Waals surface area contributed by atoms with Crippen molar-refractivity contribution in [1.29, 1.82) is 5.26 Å². The lowest BCUT2D eigenvalue weighted by molar-refractivity contribution is 0.795. The summed E-state index contributed by atoms with van der Waals surface area (Å²) in [5.74, 6) is 0. The second kappa shape index (κ2) is 4.18. The number of nitrogens with zero attached hydrogens (tertiary/aromatic N) is 1. The van der Waals surface area contributed by atoms with E-state index in [1.54, 1.807) is 0 Å². The Labute approximate surface area is 89.5 Å². The van der Waals surface area contributed by atoms with Crippen LogP contribution in [0.2, 0.25) is 0 Å². The highest BCUT2D eigenvalue weighted by Gasteiger charge is 2.04. The molecule has 0 atom stereocenters. The van der Waals surface area contributed by atoms with Gasteiger partial charge in [0.25, 0.3) is 0 Å². The zero-order valence-electron chi connectivity index (χ0n) is 8.88. The lowest BCUT2D eigenvalue weighted by Gasteiger charge is -2.02. The molecule has 0 bridgehead atoms. The van der Waals surface area contributed by atoms with Crippen molar-refractivity contribution in [2.24, 2.45) is 0 Å². The van der Waals surface area contributed by atoms with Gasteiger partial charge < -0.3 is 4.98 Å². The van der Waals surface area contributed by atoms with Gasteiger partial charge in [0.1, 0.15) is 6.07 Å². The second-order valence-corrected chi connectivity index (χ2v) is 3.80. The first-order valence-electron chi connectivity index (χ1n) is 5.35. The van der Waals surface area contributed by atoms with Crippen molar-refractivity contribution < 1.29 is 0 Å². The topological polar surface area (TPSA) is 39.6 Å². The number of aromatic amines is 1. The summed E-state index contributed by atoms with van der Waals surface area (Å²) in [6.45, 7) is 2.18. The fourth-order valence-electron chi connectivity index (χ4n) is 1.85. The molecule has 2 heteroatoms. The molecule has 1 aromatic heterocycles. The van der Waals surface area contributed by atoms with E-state index in [1.807, 2.05) is 18.3 Å². The highest BCUT2D eigenvalue weighted by molar-refractivity contribution is 5.85. The van der Waals surface area contributed by atoms with Gasteiger partial charge in [0.15, 0.2) is 0 Å². The van der Waals surface area contributed by atoms with Crippen LogP contribution in [0.5, 0.6) is 0 Å². The van der Waals surface area contributed by atoms with Gasteiger partial charge in [0.05, 0.1) is 11.1 Å². The van der Waals surface area contributed by atoms with Gasteiger partial charge in [0, 0.05) is 11.6 Å². The summed E-state index contributed by atoms with van der Waals surface area (Å²) < 4.78 is 0. The molecule has 76 valence electrons. The third-order valence-electron chi connectivity index (χ3n) is 2.66. The van der Waals surface area contributed by atoms with Crippen molar-refractivity contribution in [3.05, 3.63) is 35.5 Å². The number of rotatable bonds is 3. The number of hydrogen-bond acceptors (Lipinski definition) is 1. The molecule has 1 aromatic carbocycles. The van der Waals surface area contributed by atoms with E-state index >= 15 is 0 Å². The van der Waals surface area contributed by atoms with Crippen LogP contribution in [0.15, 0.2) is 24.4 Å². The molecule has 0 spiro atoms. The summed E-state index contributed by atoms with van der Waals surface area (Å²) >= 11 is 0. The highest BCUT2D eigenvalue weighted by atomic mass is 14.7. The largest absolute Gasteiger partial charge is 0.360 e. The predicted octanol–water partition coefficient (Wildman–Crippen LogP) is 3.38. The van der Waals surface area contributed by atoms with Crippen LogP contribution >= 0.6 is 0 Å². The third-order valence-corrected chi connectivity index (χ3v) is 2.66. The van der Waals surface area contributed by atoms with Crippen LogP contribution in [0, 0.1) is 11.3 Å². The zero-order valence-corrected chi connectivity index (χ0v) is 8.88. The molecule has 0 amide bonds. The summed E-state index contributed by atoms with van der Waals surface area (Å²) in [6, 6.07) is 8.42. The van der Waals surface area contributed by atoms with Gasteiger partial charge in [-0.2, -0.15) is 5.26 Å². The first-order valence-corrected chi connectivity index (χ1v) is 5.35. The molecule has 15 heavy (non-hydrogen) atoms. The summed E-state index contributed by atoms with van der Waals surface area (Å²) in [5.41, 5.74) is 2.97. The van der Waals surface area contributed by atoms with Gasteiger partial charge in [-0.25, -0.2) is 0 Å². The van der Waals surface area contributed by atoms with Gasteiger partial charge in [0.2, 0.25) is 0 Å². The number of unbranched alkanes of at least 4 members (excludes halogenated alkanes) is 1. The average Bonchev–Trinajstić information content (AvgIpc) is 2.73. The van der Waals surface area contributed by atoms with Crippen molar-refractivity contribution in [2.75, 3.05) is 0 Å². The Morgan fingerprint density at radius 2 is 2.27 bits per heavy atom. The zero-order chi connectivity index (χ0) is 10.7. The summed E-state index contributed by atoms with van der Waals surface area (Å²) in [4.78, 5) is 3.10. The molecule has 0 radical (unpaired) electrons. The average molecular weight is 198 g/mol. The van der Waals surface area contributed by atoms with E-state index in [4.69, 9.17) is 5.26 Å². The Bertz CT molecular complexity index is 503. The van der Waals surface area contributed by atoms with Crippen LogP contribution in [0.1, 0.15) is 30.9 Å². The fraction of sp³-hybridized carbons (Fsp3) is 0.308. The van der Waals surface area contributed by atoms with Crippen LogP contribution < -0.4 is 0 Å². The lowest BCUT2D eigenvalue weighted by atomic mass is 10.0. The maximum Gasteiger partial charge on any atom is 0.101 e. The standard InChI is InChI=1S/C13H14N2/c1-2-3-4-10-7-11-5-6-15-13(11)12(8-10)9-14/h5-8,15H,2-4H2,1H3. The van der Waals surface area contributed by atoms with E-state index in [2.05, 4.69) is 24.0 Å². The summed E-state index contributed by atoms with van der Waals surface area (Å²) in [7, 11) is 0. The van der Waals surface area contributed by atoms with Gasteiger partial charge in [-0.15, -0.1) is 0 Å². The van der Waals surface area contributed by atoms with Crippen molar-refractivity contribution in [1.82, 2.24) is 4.98 Å². The van der Waals surface area contributed by atoms with E-state index < -0.39 is 0 Å². The molecule has 0 fully saturated rings. The number of aryl methyl sites for hydroxylation is 1. The highest BCUT2D eigenvalue weighted by Crippen LogP contribution is 2.20. The van der Waals surface area contributed by atoms with Gasteiger partial charge in [-0.05, 0) is 36.6 Å². The van der Waals surface area contributed by atoms with Crippen LogP contribution in [-0.4, -0.2) is 4.98 Å². The molecule has 2 nitrogen and oxygen atoms in total. The molecule has 0 aliphatic heterocycles. The normalized spacial score (nSPS) is 10.4. The number of aromatic nitrogens is 1. The van der Waals surface area contributed by atoms with Gasteiger partial charge in [-0.1, -0.05) is 13.3 Å². The van der Waals surface area contributed by atoms with Gasteiger partial charge >= 0.3 is 0 Å². The maximum absolute atomic E-state index is 9.03. The molecule has 1 heterocycles. The van der Waals surface area contributed by atoms with E-state index in [1.165, 1.54) is 18.4 Å². The minimum Gasteiger partial charge on any atom is -0.360 e. The van der Waals surface area contributed by atoms with Crippen molar-refractivity contribution >= 4 is 10.9 Å². The summed E-state index contributed by atoms with van der Waals surface area (Å²) in [6.07, 6.45) is 5.31. The monoisotopic (exact) mass is 198 g/mol. The Kier molecular flexibility index (Phi) is 2.73. The van der Waals surface area contributed by atoms with E-state index in [0.29, 0.717) is 0 Å². The van der Waals surface area contributed by atoms with Crippen molar-refractivity contribution in [3.63, 3.8) is 0 Å². The second-order valence-electron chi connectivity index (χ2n) is 3.80. The van der Waals surface area contributed by atoms with Crippen LogP contribution in [0.4, 0.5) is 0 Å². The van der Waals surface area contributed by atoms with Crippen LogP contribution in [-0.2, 0) is 6.42 Å². The lowest BCUT2D eigenvalue weighted by Crippen LogP contribution is -1.87. The molecule has 1 N–H and O–H groups in total. The molecular formula is C13H14N2. The first kappa shape index (κ1) is 9.79. The Morgan fingerprint density at radius 3 is 3.00 bits per heavy atom. The molecule has 0 unspecified atom stereocenters. The van der Waals surface area contributed by atoms with E-state index in [-0.39, 0.29) is 0 Å². The summed E-state index contributed by atoms with van der Waals surface area (Å²) in [5, 5.41) is 10.2. The smallest absolute Gasteiger partial charge is 0.101 e. The SMILES string of the molecule is CCCCc1cc(C#N)c2[nH]ccc2c1. The number of benzene rings is 1. The molecule has 0 aliphatic rings.